The van der Waals surface area contributed by atoms with E-state index in [1.165, 1.54) is 0 Å². The number of thiophene rings is 1. The van der Waals surface area contributed by atoms with Crippen LogP contribution in [0, 0.1) is 6.92 Å². The monoisotopic (exact) mass is 354 g/mol. The zero-order chi connectivity index (χ0) is 17.6. The fourth-order valence-corrected chi connectivity index (χ4v) is 2.93. The second-order valence-electron chi connectivity index (χ2n) is 5.59. The molecule has 2 aromatic heterocycles. The van der Waals surface area contributed by atoms with Crippen molar-refractivity contribution in [2.24, 2.45) is 0 Å². The van der Waals surface area contributed by atoms with Gasteiger partial charge >= 0.3 is 11.8 Å². The van der Waals surface area contributed by atoms with Crippen LogP contribution in [0.3, 0.4) is 0 Å². The van der Waals surface area contributed by atoms with E-state index in [0.29, 0.717) is 12.3 Å². The van der Waals surface area contributed by atoms with Gasteiger partial charge in [-0.3, -0.25) is 9.59 Å². The van der Waals surface area contributed by atoms with Crippen molar-refractivity contribution in [2.75, 3.05) is 0 Å². The smallest absolute Gasteiger partial charge is 0.309 e. The highest BCUT2D eigenvalue weighted by molar-refractivity contribution is 7.13. The molecule has 0 saturated heterocycles. The molecule has 6 heteroatoms. The third-order valence-electron chi connectivity index (χ3n) is 3.63. The highest BCUT2D eigenvalue weighted by atomic mass is 32.1. The second-order valence-corrected chi connectivity index (χ2v) is 6.54. The van der Waals surface area contributed by atoms with Crippen LogP contribution in [0.15, 0.2) is 58.3 Å². The maximum absolute atomic E-state index is 11.9. The van der Waals surface area contributed by atoms with Gasteiger partial charge in [0.05, 0.1) is 11.4 Å². The van der Waals surface area contributed by atoms with Crippen LogP contribution in [0.2, 0.25) is 0 Å². The summed E-state index contributed by atoms with van der Waals surface area (Å²) in [6.45, 7) is 2.48. The molecule has 3 aromatic rings. The molecule has 0 atom stereocenters. The number of nitrogens with one attached hydrogen (secondary N) is 2. The van der Waals surface area contributed by atoms with Crippen molar-refractivity contribution < 1.29 is 14.0 Å². The Labute approximate surface area is 149 Å². The lowest BCUT2D eigenvalue weighted by Gasteiger charge is -2.06. The van der Waals surface area contributed by atoms with Crippen LogP contribution in [0.4, 0.5) is 0 Å². The first-order valence-electron chi connectivity index (χ1n) is 7.86. The third-order valence-corrected chi connectivity index (χ3v) is 4.51. The van der Waals surface area contributed by atoms with Gasteiger partial charge in [0.2, 0.25) is 0 Å². The summed E-state index contributed by atoms with van der Waals surface area (Å²) in [5.41, 5.74) is 2.09. The van der Waals surface area contributed by atoms with E-state index in [4.69, 9.17) is 4.42 Å². The molecule has 0 aliphatic heterocycles. The largest absolute Gasteiger partial charge is 0.458 e. The molecule has 2 N–H and O–H groups in total. The molecule has 0 unspecified atom stereocenters. The van der Waals surface area contributed by atoms with E-state index in [2.05, 4.69) is 10.6 Å². The van der Waals surface area contributed by atoms with E-state index in [-0.39, 0.29) is 6.54 Å². The summed E-state index contributed by atoms with van der Waals surface area (Å²) in [4.78, 5) is 24.7. The molecule has 3 rings (SSSR count). The Bertz CT molecular complexity index is 851. The Hall–Kier alpha value is -2.86. The molecule has 128 valence electrons. The molecule has 5 nitrogen and oxygen atoms in total. The fourth-order valence-electron chi connectivity index (χ4n) is 2.24. The minimum Gasteiger partial charge on any atom is -0.458 e. The Balaban J connectivity index is 1.47. The normalized spacial score (nSPS) is 10.4. The van der Waals surface area contributed by atoms with Crippen LogP contribution in [0.5, 0.6) is 0 Å². The van der Waals surface area contributed by atoms with Crippen LogP contribution < -0.4 is 10.6 Å². The van der Waals surface area contributed by atoms with E-state index in [0.717, 1.165) is 21.8 Å². The van der Waals surface area contributed by atoms with Gasteiger partial charge in [-0.1, -0.05) is 35.9 Å². The Morgan fingerprint density at radius 2 is 1.68 bits per heavy atom. The van der Waals surface area contributed by atoms with E-state index in [1.807, 2.05) is 54.8 Å². The highest BCUT2D eigenvalue weighted by Crippen LogP contribution is 2.26. The Kier molecular flexibility index (Phi) is 5.30. The predicted molar refractivity (Wildman–Crippen MR) is 96.9 cm³/mol. The number of carbonyl (C=O) groups is 2. The molecular weight excluding hydrogens is 336 g/mol. The van der Waals surface area contributed by atoms with Crippen molar-refractivity contribution in [3.05, 3.63) is 70.8 Å². The van der Waals surface area contributed by atoms with Gasteiger partial charge in [-0.25, -0.2) is 0 Å². The molecule has 0 aliphatic rings. The molecule has 0 fully saturated rings. The topological polar surface area (TPSA) is 71.3 Å². The number of furan rings is 1. The van der Waals surface area contributed by atoms with E-state index >= 15 is 0 Å². The van der Waals surface area contributed by atoms with Crippen molar-refractivity contribution >= 4 is 23.2 Å². The number of benzene rings is 1. The molecule has 1 aromatic carbocycles. The summed E-state index contributed by atoms with van der Waals surface area (Å²) in [5.74, 6) is 0.0120. The zero-order valence-corrected chi connectivity index (χ0v) is 14.6. The van der Waals surface area contributed by atoms with E-state index < -0.39 is 11.8 Å². The van der Waals surface area contributed by atoms with E-state index in [1.54, 1.807) is 17.4 Å². The lowest BCUT2D eigenvalue weighted by molar-refractivity contribution is -0.139. The van der Waals surface area contributed by atoms with Crippen LogP contribution in [-0.2, 0) is 22.7 Å². The van der Waals surface area contributed by atoms with Crippen LogP contribution >= 0.6 is 11.3 Å². The van der Waals surface area contributed by atoms with E-state index in [9.17, 15) is 9.59 Å². The fraction of sp³-hybridized carbons (Fsp3) is 0.158. The quantitative estimate of drug-likeness (QED) is 0.691. The van der Waals surface area contributed by atoms with Gasteiger partial charge < -0.3 is 15.1 Å². The molecular formula is C19H18N2O3S. The Morgan fingerprint density at radius 1 is 0.960 bits per heavy atom. The minimum atomic E-state index is -0.679. The average molecular weight is 354 g/mol. The van der Waals surface area contributed by atoms with Gasteiger partial charge in [-0.15, -0.1) is 11.3 Å². The summed E-state index contributed by atoms with van der Waals surface area (Å²) < 4.78 is 5.66. The van der Waals surface area contributed by atoms with Crippen molar-refractivity contribution in [3.8, 4) is 10.6 Å². The second kappa shape index (κ2) is 7.81. The molecule has 0 bridgehead atoms. The first-order valence-corrected chi connectivity index (χ1v) is 8.74. The maximum atomic E-state index is 11.9. The number of carbonyl (C=O) groups excluding carboxylic acids is 2. The molecule has 0 spiro atoms. The van der Waals surface area contributed by atoms with Gasteiger partial charge in [-0.2, -0.15) is 0 Å². The number of rotatable bonds is 5. The van der Waals surface area contributed by atoms with Gasteiger partial charge in [0, 0.05) is 6.54 Å². The average Bonchev–Trinajstić information content (AvgIpc) is 3.30. The number of aryl methyl sites for hydroxylation is 1. The highest BCUT2D eigenvalue weighted by Gasteiger charge is 2.14. The predicted octanol–water partition coefficient (Wildman–Crippen LogP) is 3.25. The first kappa shape index (κ1) is 17.0. The summed E-state index contributed by atoms with van der Waals surface area (Å²) >= 11 is 1.58. The molecule has 25 heavy (non-hydrogen) atoms. The minimum absolute atomic E-state index is 0.169. The van der Waals surface area contributed by atoms with Gasteiger partial charge in [-0.05, 0) is 36.1 Å². The van der Waals surface area contributed by atoms with Gasteiger partial charge in [0.25, 0.3) is 0 Å². The molecule has 0 radical (unpaired) electrons. The van der Waals surface area contributed by atoms with Crippen molar-refractivity contribution in [1.82, 2.24) is 10.6 Å². The maximum Gasteiger partial charge on any atom is 0.309 e. The number of hydrogen-bond acceptors (Lipinski definition) is 4. The lowest BCUT2D eigenvalue weighted by Crippen LogP contribution is -2.39. The summed E-state index contributed by atoms with van der Waals surface area (Å²) in [7, 11) is 0. The molecule has 0 saturated carbocycles. The number of hydrogen-bond donors (Lipinski definition) is 2. The lowest BCUT2D eigenvalue weighted by atomic mass is 10.1. The van der Waals surface area contributed by atoms with Crippen molar-refractivity contribution in [3.63, 3.8) is 0 Å². The molecule has 2 heterocycles. The Morgan fingerprint density at radius 3 is 2.36 bits per heavy atom. The third kappa shape index (κ3) is 4.58. The van der Waals surface area contributed by atoms with Gasteiger partial charge in [0.1, 0.15) is 11.5 Å². The van der Waals surface area contributed by atoms with Crippen molar-refractivity contribution in [1.29, 1.82) is 0 Å². The summed E-state index contributed by atoms with van der Waals surface area (Å²) in [5, 5.41) is 7.13. The van der Waals surface area contributed by atoms with Crippen LogP contribution in [0.1, 0.15) is 16.9 Å². The van der Waals surface area contributed by atoms with Crippen molar-refractivity contribution in [2.45, 2.75) is 20.0 Å². The molecule has 0 aliphatic carbocycles. The van der Waals surface area contributed by atoms with Gasteiger partial charge in [0.15, 0.2) is 0 Å². The summed E-state index contributed by atoms with van der Waals surface area (Å²) in [6.07, 6.45) is 0. The number of amides is 2. The standard InChI is InChI=1S/C19H18N2O3S/c1-13-4-6-14(7-5-13)11-20-18(22)19(23)21-12-15-8-9-16(24-15)17-3-2-10-25-17/h2-10H,11-12H2,1H3,(H,20,22)(H,21,23). The van der Waals surface area contributed by atoms with Crippen LogP contribution in [0.25, 0.3) is 10.6 Å². The molecule has 2 amide bonds. The SMILES string of the molecule is Cc1ccc(CNC(=O)C(=O)NCc2ccc(-c3cccs3)o2)cc1. The van der Waals surface area contributed by atoms with Crippen LogP contribution in [-0.4, -0.2) is 11.8 Å². The summed E-state index contributed by atoms with van der Waals surface area (Å²) in [6, 6.07) is 15.3. The first-order chi connectivity index (χ1) is 12.1. The zero-order valence-electron chi connectivity index (χ0n) is 13.7.